The summed E-state index contributed by atoms with van der Waals surface area (Å²) in [4.78, 5) is 27.8. The van der Waals surface area contributed by atoms with Crippen molar-refractivity contribution >= 4 is 50.7 Å². The molecule has 7 nitrogen and oxygen atoms in total. The zero-order valence-electron chi connectivity index (χ0n) is 22.0. The Kier molecular flexibility index (Phi) is 9.98. The highest BCUT2D eigenvalue weighted by atomic mass is 35.5. The quantitative estimate of drug-likeness (QED) is 0.332. The molecule has 11 heteroatoms. The molecule has 3 aromatic rings. The van der Waals surface area contributed by atoms with Crippen molar-refractivity contribution in [3.05, 3.63) is 93.7 Å². The van der Waals surface area contributed by atoms with Gasteiger partial charge in [0.05, 0.1) is 20.6 Å². The zero-order chi connectivity index (χ0) is 28.9. The topological polar surface area (TPSA) is 86.8 Å². The van der Waals surface area contributed by atoms with Crippen molar-refractivity contribution in [2.75, 3.05) is 10.8 Å². The third-order valence-electron chi connectivity index (χ3n) is 5.98. The lowest BCUT2D eigenvalue weighted by Crippen LogP contribution is -2.52. The first-order valence-corrected chi connectivity index (χ1v) is 14.4. The molecule has 39 heavy (non-hydrogen) atoms. The summed E-state index contributed by atoms with van der Waals surface area (Å²) in [5.74, 6) is -1.73. The molecule has 0 saturated heterocycles. The predicted molar refractivity (Wildman–Crippen MR) is 152 cm³/mol. The van der Waals surface area contributed by atoms with Gasteiger partial charge in [0.25, 0.3) is 10.0 Å². The molecule has 1 N–H and O–H groups in total. The van der Waals surface area contributed by atoms with E-state index in [1.165, 1.54) is 55.5 Å². The van der Waals surface area contributed by atoms with Gasteiger partial charge in [-0.2, -0.15) is 0 Å². The molecule has 2 amide bonds. The molecule has 0 saturated carbocycles. The Morgan fingerprint density at radius 2 is 1.59 bits per heavy atom. The van der Waals surface area contributed by atoms with Crippen LogP contribution in [0.25, 0.3) is 0 Å². The van der Waals surface area contributed by atoms with Crippen molar-refractivity contribution in [3.63, 3.8) is 0 Å². The average Bonchev–Trinajstić information content (AvgIpc) is 2.87. The summed E-state index contributed by atoms with van der Waals surface area (Å²) in [5, 5.41) is 3.05. The number of aryl methyl sites for hydroxylation is 1. The minimum Gasteiger partial charge on any atom is -0.352 e. The largest absolute Gasteiger partial charge is 0.352 e. The van der Waals surface area contributed by atoms with Crippen LogP contribution in [-0.4, -0.2) is 43.8 Å². The summed E-state index contributed by atoms with van der Waals surface area (Å²) < 4.78 is 43.1. The second-order valence-electron chi connectivity index (χ2n) is 9.38. The van der Waals surface area contributed by atoms with E-state index in [0.29, 0.717) is 0 Å². The van der Waals surface area contributed by atoms with Crippen LogP contribution in [0.1, 0.15) is 31.9 Å². The first-order valence-electron chi connectivity index (χ1n) is 12.2. The minimum atomic E-state index is -4.27. The number of sulfonamides is 1. The van der Waals surface area contributed by atoms with Crippen LogP contribution < -0.4 is 9.62 Å². The van der Waals surface area contributed by atoms with Gasteiger partial charge in [0.15, 0.2) is 0 Å². The number of nitrogens with zero attached hydrogens (tertiary/aromatic N) is 2. The molecule has 208 valence electrons. The van der Waals surface area contributed by atoms with Crippen molar-refractivity contribution < 1.29 is 22.4 Å². The van der Waals surface area contributed by atoms with Gasteiger partial charge in [-0.15, -0.1) is 0 Å². The molecule has 3 aromatic carbocycles. The van der Waals surface area contributed by atoms with Crippen molar-refractivity contribution in [1.82, 2.24) is 10.2 Å². The van der Waals surface area contributed by atoms with Gasteiger partial charge in [0.1, 0.15) is 18.4 Å². The fourth-order valence-corrected chi connectivity index (χ4v) is 5.50. The van der Waals surface area contributed by atoms with Crippen LogP contribution in [0.2, 0.25) is 10.0 Å². The summed E-state index contributed by atoms with van der Waals surface area (Å²) in [6.45, 7) is 5.94. The summed E-state index contributed by atoms with van der Waals surface area (Å²) in [6, 6.07) is 15.0. The SMILES string of the molecule is Cc1ccc(S(=O)(=O)N(CC(=O)N(Cc2ccccc2F)[C@@H](C)C(=O)NC(C)C)c2ccc(Cl)c(Cl)c2)cc1. The Balaban J connectivity index is 2.07. The molecule has 0 aliphatic rings. The van der Waals surface area contributed by atoms with E-state index >= 15 is 0 Å². The molecule has 0 unspecified atom stereocenters. The van der Waals surface area contributed by atoms with E-state index in [2.05, 4.69) is 5.32 Å². The third-order valence-corrected chi connectivity index (χ3v) is 8.50. The molecule has 0 bridgehead atoms. The van der Waals surface area contributed by atoms with Gasteiger partial charge in [-0.3, -0.25) is 13.9 Å². The molecular weight excluding hydrogens is 564 g/mol. The Morgan fingerprint density at radius 1 is 0.949 bits per heavy atom. The van der Waals surface area contributed by atoms with Crippen LogP contribution >= 0.6 is 23.2 Å². The molecule has 0 heterocycles. The lowest BCUT2D eigenvalue weighted by atomic mass is 10.1. The minimum absolute atomic E-state index is 0.0433. The molecule has 3 rings (SSSR count). The molecule has 0 radical (unpaired) electrons. The first-order chi connectivity index (χ1) is 18.3. The second kappa shape index (κ2) is 12.8. The number of anilines is 1. The number of carbonyl (C=O) groups excluding carboxylic acids is 2. The van der Waals surface area contributed by atoms with Gasteiger partial charge in [-0.1, -0.05) is 59.1 Å². The molecule has 0 spiro atoms. The van der Waals surface area contributed by atoms with E-state index in [9.17, 15) is 22.4 Å². The van der Waals surface area contributed by atoms with Crippen LogP contribution in [0.15, 0.2) is 71.6 Å². The lowest BCUT2D eigenvalue weighted by Gasteiger charge is -2.32. The molecular formula is C28H30Cl2FN3O4S. The fourth-order valence-electron chi connectivity index (χ4n) is 3.80. The summed E-state index contributed by atoms with van der Waals surface area (Å²) in [6.07, 6.45) is 0. The van der Waals surface area contributed by atoms with E-state index in [4.69, 9.17) is 23.2 Å². The van der Waals surface area contributed by atoms with E-state index in [0.717, 1.165) is 14.8 Å². The highest BCUT2D eigenvalue weighted by molar-refractivity contribution is 7.92. The van der Waals surface area contributed by atoms with E-state index in [1.54, 1.807) is 32.0 Å². The number of rotatable bonds is 10. The normalized spacial score (nSPS) is 12.2. The zero-order valence-corrected chi connectivity index (χ0v) is 24.3. The monoisotopic (exact) mass is 593 g/mol. The number of hydrogen-bond donors (Lipinski definition) is 1. The van der Waals surface area contributed by atoms with Crippen molar-refractivity contribution in [2.24, 2.45) is 0 Å². The highest BCUT2D eigenvalue weighted by Crippen LogP contribution is 2.31. The molecule has 0 fully saturated rings. The van der Waals surface area contributed by atoms with Crippen LogP contribution in [0.3, 0.4) is 0 Å². The smallest absolute Gasteiger partial charge is 0.264 e. The maximum absolute atomic E-state index is 14.6. The van der Waals surface area contributed by atoms with Gasteiger partial charge >= 0.3 is 0 Å². The van der Waals surface area contributed by atoms with Crippen LogP contribution in [-0.2, 0) is 26.2 Å². The van der Waals surface area contributed by atoms with E-state index in [-0.39, 0.29) is 38.8 Å². The van der Waals surface area contributed by atoms with Crippen LogP contribution in [0.5, 0.6) is 0 Å². The first kappa shape index (κ1) is 30.4. The maximum Gasteiger partial charge on any atom is 0.264 e. The van der Waals surface area contributed by atoms with Gasteiger partial charge in [0.2, 0.25) is 11.8 Å². The van der Waals surface area contributed by atoms with Crippen LogP contribution in [0.4, 0.5) is 10.1 Å². The Morgan fingerprint density at radius 3 is 2.18 bits per heavy atom. The molecule has 0 aromatic heterocycles. The Labute approximate surface area is 238 Å². The lowest BCUT2D eigenvalue weighted by molar-refractivity contribution is -0.139. The number of carbonyl (C=O) groups is 2. The average molecular weight is 595 g/mol. The molecule has 0 aliphatic carbocycles. The molecule has 0 aliphatic heterocycles. The van der Waals surface area contributed by atoms with Gasteiger partial charge < -0.3 is 10.2 Å². The summed E-state index contributed by atoms with van der Waals surface area (Å²) in [5.41, 5.74) is 1.13. The summed E-state index contributed by atoms with van der Waals surface area (Å²) in [7, 11) is -4.27. The number of hydrogen-bond acceptors (Lipinski definition) is 4. The van der Waals surface area contributed by atoms with Crippen LogP contribution in [0, 0.1) is 12.7 Å². The van der Waals surface area contributed by atoms with Crippen molar-refractivity contribution in [3.8, 4) is 0 Å². The number of nitrogens with one attached hydrogen (secondary N) is 1. The number of benzene rings is 3. The van der Waals surface area contributed by atoms with E-state index < -0.39 is 40.2 Å². The Bertz CT molecular complexity index is 1450. The third kappa shape index (κ3) is 7.50. The standard InChI is InChI=1S/C28H30Cl2FN3O4S/c1-18(2)32-28(36)20(4)33(16-21-7-5-6-8-26(21)31)27(35)17-34(22-11-14-24(29)25(30)15-22)39(37,38)23-12-9-19(3)10-13-23/h5-15,18,20H,16-17H2,1-4H3,(H,32,36)/t20-/m0/s1. The highest BCUT2D eigenvalue weighted by Gasteiger charge is 2.33. The summed E-state index contributed by atoms with van der Waals surface area (Å²) >= 11 is 12.3. The fraction of sp³-hybridized carbons (Fsp3) is 0.286. The van der Waals surface area contributed by atoms with Crippen molar-refractivity contribution in [1.29, 1.82) is 0 Å². The predicted octanol–water partition coefficient (Wildman–Crippen LogP) is 5.58. The maximum atomic E-state index is 14.6. The van der Waals surface area contributed by atoms with Gasteiger partial charge in [-0.05, 0) is 64.1 Å². The number of amides is 2. The van der Waals surface area contributed by atoms with Gasteiger partial charge in [0, 0.05) is 18.2 Å². The Hall–Kier alpha value is -3.14. The van der Waals surface area contributed by atoms with Gasteiger partial charge in [-0.25, -0.2) is 12.8 Å². The number of halogens is 3. The molecule has 1 atom stereocenters. The second-order valence-corrected chi connectivity index (χ2v) is 12.1. The van der Waals surface area contributed by atoms with E-state index in [1.807, 2.05) is 6.92 Å². The van der Waals surface area contributed by atoms with Crippen molar-refractivity contribution in [2.45, 2.75) is 51.2 Å².